The average molecular weight is 462 g/mol. The number of nitrogens with zero attached hydrogens (tertiary/aromatic N) is 1. The SMILES string of the molecule is COCCN(CCCc1ccccc1)CC(=O)NCC(=O)Nc1ccccc1Br. The smallest absolute Gasteiger partial charge is 0.243 e. The predicted molar refractivity (Wildman–Crippen MR) is 119 cm³/mol. The Labute approximate surface area is 180 Å². The molecule has 0 unspecified atom stereocenters. The average Bonchev–Trinajstić information content (AvgIpc) is 2.73. The number of carbonyl (C=O) groups excluding carboxylic acids is 2. The fourth-order valence-electron chi connectivity index (χ4n) is 2.84. The Bertz CT molecular complexity index is 771. The van der Waals surface area contributed by atoms with Gasteiger partial charge in [0.15, 0.2) is 0 Å². The molecular weight excluding hydrogens is 434 g/mol. The van der Waals surface area contributed by atoms with E-state index in [1.165, 1.54) is 5.56 Å². The Morgan fingerprint density at radius 3 is 2.45 bits per heavy atom. The van der Waals surface area contributed by atoms with E-state index in [4.69, 9.17) is 4.74 Å². The summed E-state index contributed by atoms with van der Waals surface area (Å²) in [4.78, 5) is 26.4. The lowest BCUT2D eigenvalue weighted by Crippen LogP contribution is -2.42. The van der Waals surface area contributed by atoms with Crippen LogP contribution in [0.2, 0.25) is 0 Å². The molecule has 0 aromatic heterocycles. The van der Waals surface area contributed by atoms with Crippen LogP contribution in [0.5, 0.6) is 0 Å². The maximum absolute atomic E-state index is 12.3. The standard InChI is InChI=1S/C22H28BrN3O3/c1-29-15-14-26(13-7-10-18-8-3-2-4-9-18)17-22(28)24-16-21(27)25-20-12-6-5-11-19(20)23/h2-6,8-9,11-12H,7,10,13-17H2,1H3,(H,24,28)(H,25,27). The Balaban J connectivity index is 1.74. The minimum absolute atomic E-state index is 0.0672. The minimum Gasteiger partial charge on any atom is -0.383 e. The van der Waals surface area contributed by atoms with Crippen LogP contribution in [0, 0.1) is 0 Å². The summed E-state index contributed by atoms with van der Waals surface area (Å²) >= 11 is 3.38. The molecule has 0 saturated heterocycles. The molecule has 156 valence electrons. The van der Waals surface area contributed by atoms with Gasteiger partial charge in [0.05, 0.1) is 25.4 Å². The molecule has 2 aromatic rings. The quantitative estimate of drug-likeness (QED) is 0.509. The van der Waals surface area contributed by atoms with E-state index < -0.39 is 0 Å². The van der Waals surface area contributed by atoms with Crippen molar-refractivity contribution in [1.82, 2.24) is 10.2 Å². The van der Waals surface area contributed by atoms with Crippen LogP contribution in [0.25, 0.3) is 0 Å². The van der Waals surface area contributed by atoms with E-state index in [1.54, 1.807) is 13.2 Å². The summed E-state index contributed by atoms with van der Waals surface area (Å²) in [5.74, 6) is -0.444. The van der Waals surface area contributed by atoms with Crippen LogP contribution < -0.4 is 10.6 Å². The lowest BCUT2D eigenvalue weighted by Gasteiger charge is -2.21. The molecule has 2 aromatic carbocycles. The number of halogens is 1. The van der Waals surface area contributed by atoms with Crippen LogP contribution >= 0.6 is 15.9 Å². The zero-order valence-corrected chi connectivity index (χ0v) is 18.3. The van der Waals surface area contributed by atoms with Crippen molar-refractivity contribution in [3.63, 3.8) is 0 Å². The highest BCUT2D eigenvalue weighted by Gasteiger charge is 2.12. The number of benzene rings is 2. The third-order valence-corrected chi connectivity index (χ3v) is 5.05. The van der Waals surface area contributed by atoms with Gasteiger partial charge in [-0.05, 0) is 53.0 Å². The summed E-state index contributed by atoms with van der Waals surface area (Å²) in [5.41, 5.74) is 1.96. The number of hydrogen-bond acceptors (Lipinski definition) is 4. The molecule has 0 aliphatic rings. The van der Waals surface area contributed by atoms with Gasteiger partial charge in [-0.25, -0.2) is 0 Å². The molecule has 0 heterocycles. The van der Waals surface area contributed by atoms with Crippen LogP contribution in [0.4, 0.5) is 5.69 Å². The Hall–Kier alpha value is -2.22. The van der Waals surface area contributed by atoms with E-state index in [0.29, 0.717) is 18.8 Å². The highest BCUT2D eigenvalue weighted by atomic mass is 79.9. The van der Waals surface area contributed by atoms with E-state index in [9.17, 15) is 9.59 Å². The van der Waals surface area contributed by atoms with Gasteiger partial charge >= 0.3 is 0 Å². The van der Waals surface area contributed by atoms with Gasteiger partial charge in [-0.15, -0.1) is 0 Å². The van der Waals surface area contributed by atoms with Crippen molar-refractivity contribution in [3.05, 3.63) is 64.6 Å². The van der Waals surface area contributed by atoms with Crippen LogP contribution in [0.1, 0.15) is 12.0 Å². The summed E-state index contributed by atoms with van der Waals surface area (Å²) in [7, 11) is 1.65. The van der Waals surface area contributed by atoms with Gasteiger partial charge in [0.1, 0.15) is 0 Å². The highest BCUT2D eigenvalue weighted by molar-refractivity contribution is 9.10. The third-order valence-electron chi connectivity index (χ3n) is 4.36. The molecule has 7 heteroatoms. The van der Waals surface area contributed by atoms with Crippen LogP contribution in [0.15, 0.2) is 59.1 Å². The fraction of sp³-hybridized carbons (Fsp3) is 0.364. The first-order chi connectivity index (χ1) is 14.1. The summed E-state index contributed by atoms with van der Waals surface area (Å²) in [6.45, 7) is 2.18. The van der Waals surface area contributed by atoms with E-state index >= 15 is 0 Å². The number of aryl methyl sites for hydroxylation is 1. The largest absolute Gasteiger partial charge is 0.383 e. The third kappa shape index (κ3) is 9.21. The van der Waals surface area contributed by atoms with Crippen LogP contribution in [-0.4, -0.2) is 56.6 Å². The van der Waals surface area contributed by atoms with Crippen molar-refractivity contribution >= 4 is 33.4 Å². The molecule has 0 aliphatic heterocycles. The first kappa shape index (κ1) is 23.1. The molecule has 29 heavy (non-hydrogen) atoms. The molecule has 0 radical (unpaired) electrons. The molecule has 2 rings (SSSR count). The van der Waals surface area contributed by atoms with Gasteiger partial charge in [-0.1, -0.05) is 42.5 Å². The number of carbonyl (C=O) groups is 2. The van der Waals surface area contributed by atoms with Crippen molar-refractivity contribution < 1.29 is 14.3 Å². The normalized spacial score (nSPS) is 10.7. The number of methoxy groups -OCH3 is 1. The van der Waals surface area contributed by atoms with Gasteiger partial charge in [0.2, 0.25) is 11.8 Å². The molecule has 0 saturated carbocycles. The number of para-hydroxylation sites is 1. The van der Waals surface area contributed by atoms with E-state index in [2.05, 4.69) is 38.7 Å². The van der Waals surface area contributed by atoms with Gasteiger partial charge in [-0.3, -0.25) is 14.5 Å². The second-order valence-electron chi connectivity index (χ2n) is 6.66. The molecule has 0 fully saturated rings. The van der Waals surface area contributed by atoms with Gasteiger partial charge < -0.3 is 15.4 Å². The number of amides is 2. The molecule has 0 spiro atoms. The summed E-state index contributed by atoms with van der Waals surface area (Å²) in [6, 6.07) is 17.6. The van der Waals surface area contributed by atoms with Crippen molar-refractivity contribution in [2.75, 3.05) is 45.2 Å². The molecular formula is C22H28BrN3O3. The molecule has 2 N–H and O–H groups in total. The van der Waals surface area contributed by atoms with Gasteiger partial charge in [0.25, 0.3) is 0 Å². The van der Waals surface area contributed by atoms with E-state index in [-0.39, 0.29) is 24.9 Å². The summed E-state index contributed by atoms with van der Waals surface area (Å²) in [5, 5.41) is 5.46. The van der Waals surface area contributed by atoms with Gasteiger partial charge in [-0.2, -0.15) is 0 Å². The number of rotatable bonds is 12. The van der Waals surface area contributed by atoms with E-state index in [0.717, 1.165) is 23.9 Å². The zero-order valence-electron chi connectivity index (χ0n) is 16.7. The first-order valence-electron chi connectivity index (χ1n) is 9.65. The number of ether oxygens (including phenoxy) is 1. The summed E-state index contributed by atoms with van der Waals surface area (Å²) < 4.78 is 5.95. The lowest BCUT2D eigenvalue weighted by atomic mass is 10.1. The second kappa shape index (κ2) is 13.1. The van der Waals surface area contributed by atoms with Crippen LogP contribution in [0.3, 0.4) is 0 Å². The van der Waals surface area contributed by atoms with Crippen molar-refractivity contribution in [2.24, 2.45) is 0 Å². The Kier molecular flexibility index (Phi) is 10.4. The maximum atomic E-state index is 12.3. The Morgan fingerprint density at radius 1 is 1.00 bits per heavy atom. The van der Waals surface area contributed by atoms with E-state index in [1.807, 2.05) is 41.3 Å². The van der Waals surface area contributed by atoms with Crippen LogP contribution in [-0.2, 0) is 20.7 Å². The van der Waals surface area contributed by atoms with Crippen molar-refractivity contribution in [1.29, 1.82) is 0 Å². The first-order valence-corrected chi connectivity index (χ1v) is 10.4. The number of anilines is 1. The number of nitrogens with one attached hydrogen (secondary N) is 2. The monoisotopic (exact) mass is 461 g/mol. The minimum atomic E-state index is -0.266. The molecule has 0 aliphatic carbocycles. The van der Waals surface area contributed by atoms with Crippen molar-refractivity contribution in [2.45, 2.75) is 12.8 Å². The molecule has 0 atom stereocenters. The molecule has 0 bridgehead atoms. The highest BCUT2D eigenvalue weighted by Crippen LogP contribution is 2.20. The fourth-order valence-corrected chi connectivity index (χ4v) is 3.22. The molecule has 6 nitrogen and oxygen atoms in total. The van der Waals surface area contributed by atoms with Gasteiger partial charge in [0, 0.05) is 18.1 Å². The number of hydrogen-bond donors (Lipinski definition) is 2. The second-order valence-corrected chi connectivity index (χ2v) is 7.52. The molecule has 2 amide bonds. The maximum Gasteiger partial charge on any atom is 0.243 e. The van der Waals surface area contributed by atoms with Crippen molar-refractivity contribution in [3.8, 4) is 0 Å². The predicted octanol–water partition coefficient (Wildman–Crippen LogP) is 3.09. The summed E-state index contributed by atoms with van der Waals surface area (Å²) in [6.07, 6.45) is 1.91. The lowest BCUT2D eigenvalue weighted by molar-refractivity contribution is -0.125. The Morgan fingerprint density at radius 2 is 1.72 bits per heavy atom. The topological polar surface area (TPSA) is 70.7 Å². The zero-order chi connectivity index (χ0) is 20.9.